The second-order valence-electron chi connectivity index (χ2n) is 5.32. The zero-order valence-corrected chi connectivity index (χ0v) is 13.8. The molecule has 3 aromatic rings. The molecular weight excluding hydrogens is 292 g/mol. The highest BCUT2D eigenvalue weighted by Gasteiger charge is 2.09. The van der Waals surface area contributed by atoms with E-state index >= 15 is 0 Å². The maximum absolute atomic E-state index is 12.3. The average Bonchev–Trinajstić information content (AvgIpc) is 2.84. The van der Waals surface area contributed by atoms with E-state index in [9.17, 15) is 4.79 Å². The lowest BCUT2D eigenvalue weighted by Gasteiger charge is -2.03. The van der Waals surface area contributed by atoms with Crippen molar-refractivity contribution < 1.29 is 4.79 Å². The lowest BCUT2D eigenvalue weighted by Crippen LogP contribution is -2.15. The van der Waals surface area contributed by atoms with Crippen molar-refractivity contribution in [3.8, 4) is 0 Å². The molecule has 2 aromatic carbocycles. The van der Waals surface area contributed by atoms with Crippen LogP contribution in [0.4, 0.5) is 0 Å². The predicted molar refractivity (Wildman–Crippen MR) is 91.3 cm³/mol. The molecule has 0 fully saturated rings. The van der Waals surface area contributed by atoms with Crippen molar-refractivity contribution in [2.24, 2.45) is 4.99 Å². The highest BCUT2D eigenvalue weighted by atomic mass is 32.1. The smallest absolute Gasteiger partial charge is 0.279 e. The summed E-state index contributed by atoms with van der Waals surface area (Å²) in [7, 11) is 0. The first kappa shape index (κ1) is 14.7. The Kier molecular flexibility index (Phi) is 3.94. The summed E-state index contributed by atoms with van der Waals surface area (Å²) in [6.45, 7) is 7.09. The van der Waals surface area contributed by atoms with Crippen molar-refractivity contribution in [3.05, 3.63) is 64.0 Å². The molecule has 22 heavy (non-hydrogen) atoms. The minimum atomic E-state index is -0.192. The Bertz CT molecular complexity index is 904. The van der Waals surface area contributed by atoms with Crippen molar-refractivity contribution in [2.75, 3.05) is 0 Å². The topological polar surface area (TPSA) is 34.4 Å². The van der Waals surface area contributed by atoms with Crippen LogP contribution in [0.15, 0.2) is 47.5 Å². The van der Waals surface area contributed by atoms with Crippen LogP contribution in [0, 0.1) is 13.8 Å². The van der Waals surface area contributed by atoms with Gasteiger partial charge in [-0.05, 0) is 56.2 Å². The van der Waals surface area contributed by atoms with Gasteiger partial charge in [-0.2, -0.15) is 4.99 Å². The molecule has 112 valence electrons. The summed E-state index contributed by atoms with van der Waals surface area (Å²) in [5, 5.41) is 0. The summed E-state index contributed by atoms with van der Waals surface area (Å²) in [5.74, 6) is -0.192. The van der Waals surface area contributed by atoms with Crippen molar-refractivity contribution in [3.63, 3.8) is 0 Å². The first-order valence-corrected chi connectivity index (χ1v) is 8.16. The van der Waals surface area contributed by atoms with E-state index in [2.05, 4.69) is 42.5 Å². The normalized spacial score (nSPS) is 12.0. The zero-order chi connectivity index (χ0) is 15.7. The lowest BCUT2D eigenvalue weighted by molar-refractivity contribution is 0.0998. The van der Waals surface area contributed by atoms with Gasteiger partial charge in [0.25, 0.3) is 5.91 Å². The van der Waals surface area contributed by atoms with Gasteiger partial charge in [-0.15, -0.1) is 0 Å². The molecule has 0 bridgehead atoms. The van der Waals surface area contributed by atoms with Crippen LogP contribution in [0.2, 0.25) is 0 Å². The number of aromatic nitrogens is 1. The van der Waals surface area contributed by atoms with Gasteiger partial charge in [-0.1, -0.05) is 29.5 Å². The van der Waals surface area contributed by atoms with E-state index < -0.39 is 0 Å². The molecule has 0 aliphatic heterocycles. The SMILES string of the molecule is CCn1c(=NC(=O)c2ccccc2)sc2cc(C)c(C)cc21. The molecule has 0 saturated heterocycles. The molecule has 3 nitrogen and oxygen atoms in total. The fourth-order valence-corrected chi connectivity index (χ4v) is 3.62. The van der Waals surface area contributed by atoms with Crippen LogP contribution in [-0.2, 0) is 6.54 Å². The molecule has 0 aliphatic rings. The third kappa shape index (κ3) is 2.62. The Morgan fingerprint density at radius 1 is 1.14 bits per heavy atom. The second kappa shape index (κ2) is 5.89. The molecule has 0 N–H and O–H groups in total. The molecule has 0 spiro atoms. The van der Waals surface area contributed by atoms with E-state index in [-0.39, 0.29) is 5.91 Å². The van der Waals surface area contributed by atoms with Gasteiger partial charge in [0.2, 0.25) is 0 Å². The van der Waals surface area contributed by atoms with Crippen molar-refractivity contribution in [2.45, 2.75) is 27.3 Å². The van der Waals surface area contributed by atoms with Crippen LogP contribution < -0.4 is 4.80 Å². The molecule has 0 aliphatic carbocycles. The van der Waals surface area contributed by atoms with E-state index in [1.807, 2.05) is 18.2 Å². The monoisotopic (exact) mass is 310 g/mol. The van der Waals surface area contributed by atoms with Gasteiger partial charge >= 0.3 is 0 Å². The second-order valence-corrected chi connectivity index (χ2v) is 6.33. The highest BCUT2D eigenvalue weighted by Crippen LogP contribution is 2.22. The Balaban J connectivity index is 2.18. The number of benzene rings is 2. The maximum Gasteiger partial charge on any atom is 0.279 e. The van der Waals surface area contributed by atoms with Crippen molar-refractivity contribution in [1.82, 2.24) is 4.57 Å². The predicted octanol–water partition coefficient (Wildman–Crippen LogP) is 4.08. The summed E-state index contributed by atoms with van der Waals surface area (Å²) in [6, 6.07) is 13.5. The van der Waals surface area contributed by atoms with Crippen LogP contribution in [0.1, 0.15) is 28.4 Å². The van der Waals surface area contributed by atoms with E-state index in [4.69, 9.17) is 0 Å². The molecule has 0 atom stereocenters. The van der Waals surface area contributed by atoms with Crippen molar-refractivity contribution in [1.29, 1.82) is 0 Å². The third-order valence-electron chi connectivity index (χ3n) is 3.83. The Hall–Kier alpha value is -2.20. The number of carbonyl (C=O) groups is 1. The molecule has 0 saturated carbocycles. The molecule has 3 rings (SSSR count). The molecule has 1 heterocycles. The van der Waals surface area contributed by atoms with Crippen LogP contribution in [0.25, 0.3) is 10.2 Å². The number of hydrogen-bond acceptors (Lipinski definition) is 2. The third-order valence-corrected chi connectivity index (χ3v) is 4.87. The fraction of sp³-hybridized carbons (Fsp3) is 0.222. The fourth-order valence-electron chi connectivity index (χ4n) is 2.44. The van der Waals surface area contributed by atoms with E-state index in [1.54, 1.807) is 23.5 Å². The van der Waals surface area contributed by atoms with E-state index in [0.717, 1.165) is 16.9 Å². The maximum atomic E-state index is 12.3. The van der Waals surface area contributed by atoms with Gasteiger partial charge in [0, 0.05) is 12.1 Å². The summed E-state index contributed by atoms with van der Waals surface area (Å²) < 4.78 is 3.28. The van der Waals surface area contributed by atoms with Crippen LogP contribution in [-0.4, -0.2) is 10.5 Å². The minimum Gasteiger partial charge on any atom is -0.317 e. The Morgan fingerprint density at radius 2 is 1.82 bits per heavy atom. The lowest BCUT2D eigenvalue weighted by atomic mass is 10.1. The summed E-state index contributed by atoms with van der Waals surface area (Å²) in [6.07, 6.45) is 0. The number of hydrogen-bond donors (Lipinski definition) is 0. The first-order valence-electron chi connectivity index (χ1n) is 7.35. The van der Waals surface area contributed by atoms with Gasteiger partial charge in [-0.25, -0.2) is 0 Å². The summed E-state index contributed by atoms with van der Waals surface area (Å²) >= 11 is 1.57. The van der Waals surface area contributed by atoms with Gasteiger partial charge in [0.15, 0.2) is 4.80 Å². The Labute approximate surface area is 133 Å². The standard InChI is InChI=1S/C18H18N2OS/c1-4-20-15-10-12(2)13(3)11-16(15)22-18(20)19-17(21)14-8-6-5-7-9-14/h5-11H,4H2,1-3H3. The van der Waals surface area contributed by atoms with E-state index in [1.165, 1.54) is 15.8 Å². The zero-order valence-electron chi connectivity index (χ0n) is 13.0. The van der Waals surface area contributed by atoms with Crippen LogP contribution >= 0.6 is 11.3 Å². The molecule has 1 amide bonds. The number of rotatable bonds is 2. The first-order chi connectivity index (χ1) is 10.6. The Morgan fingerprint density at radius 3 is 2.50 bits per heavy atom. The number of aryl methyl sites for hydroxylation is 3. The molecule has 0 radical (unpaired) electrons. The van der Waals surface area contributed by atoms with E-state index in [0.29, 0.717) is 5.56 Å². The summed E-state index contributed by atoms with van der Waals surface area (Å²) in [5.41, 5.74) is 4.29. The molecular formula is C18H18N2OS. The van der Waals surface area contributed by atoms with Crippen LogP contribution in [0.3, 0.4) is 0 Å². The largest absolute Gasteiger partial charge is 0.317 e. The average molecular weight is 310 g/mol. The van der Waals surface area contributed by atoms with Gasteiger partial charge in [-0.3, -0.25) is 4.79 Å². The molecule has 0 unspecified atom stereocenters. The van der Waals surface area contributed by atoms with Crippen LogP contribution in [0.5, 0.6) is 0 Å². The summed E-state index contributed by atoms with van der Waals surface area (Å²) in [4.78, 5) is 17.4. The number of nitrogens with zero attached hydrogens (tertiary/aromatic N) is 2. The number of thiazole rings is 1. The van der Waals surface area contributed by atoms with Gasteiger partial charge < -0.3 is 4.57 Å². The quantitative estimate of drug-likeness (QED) is 0.702. The number of amides is 1. The highest BCUT2D eigenvalue weighted by molar-refractivity contribution is 7.16. The number of fused-ring (bicyclic) bond motifs is 1. The molecule has 4 heteroatoms. The number of carbonyl (C=O) groups excluding carboxylic acids is 1. The van der Waals surface area contributed by atoms with Gasteiger partial charge in [0.05, 0.1) is 10.2 Å². The van der Waals surface area contributed by atoms with Gasteiger partial charge in [0.1, 0.15) is 0 Å². The van der Waals surface area contributed by atoms with Crippen molar-refractivity contribution >= 4 is 27.5 Å². The molecule has 1 aromatic heterocycles. The minimum absolute atomic E-state index is 0.192.